The van der Waals surface area contributed by atoms with Crippen LogP contribution in [-0.2, 0) is 4.74 Å². The van der Waals surface area contributed by atoms with Gasteiger partial charge in [0.25, 0.3) is 0 Å². The predicted molar refractivity (Wildman–Crippen MR) is 81.4 cm³/mol. The van der Waals surface area contributed by atoms with E-state index >= 15 is 0 Å². The third-order valence-electron chi connectivity index (χ3n) is 2.19. The molecule has 0 fully saturated rings. The second kappa shape index (κ2) is 6.92. The molecule has 0 heterocycles. The fourth-order valence-electron chi connectivity index (χ4n) is 1.13. The van der Waals surface area contributed by atoms with Gasteiger partial charge in [-0.2, -0.15) is 0 Å². The van der Waals surface area contributed by atoms with E-state index in [2.05, 4.69) is 51.5 Å². The molecule has 0 saturated heterocycles. The van der Waals surface area contributed by atoms with E-state index in [0.29, 0.717) is 6.79 Å². The normalized spacial score (nSPS) is 11.6. The molecule has 5 heteroatoms. The topological polar surface area (TPSA) is 18.5 Å². The zero-order valence-electron chi connectivity index (χ0n) is 10.4. The minimum Gasteiger partial charge on any atom is -0.466 e. The van der Waals surface area contributed by atoms with Crippen LogP contribution in [0.4, 0.5) is 0 Å². The number of hydrogen-bond donors (Lipinski definition) is 0. The highest BCUT2D eigenvalue weighted by molar-refractivity contribution is 9.11. The van der Waals surface area contributed by atoms with Gasteiger partial charge in [0.05, 0.1) is 4.47 Å². The lowest BCUT2D eigenvalue weighted by atomic mass is 10.3. The summed E-state index contributed by atoms with van der Waals surface area (Å²) < 4.78 is 13.0. The third-order valence-corrected chi connectivity index (χ3v) is 5.01. The Morgan fingerprint density at radius 2 is 1.88 bits per heavy atom. The Kier molecular flexibility index (Phi) is 6.20. The maximum absolute atomic E-state index is 5.53. The fraction of sp³-hybridized carbons (Fsp3) is 0.500. The van der Waals surface area contributed by atoms with Gasteiger partial charge in [0.1, 0.15) is 5.75 Å². The van der Waals surface area contributed by atoms with E-state index in [4.69, 9.17) is 9.47 Å². The van der Waals surface area contributed by atoms with Gasteiger partial charge < -0.3 is 9.47 Å². The smallest absolute Gasteiger partial charge is 0.189 e. The van der Waals surface area contributed by atoms with Crippen molar-refractivity contribution in [1.29, 1.82) is 0 Å². The number of hydrogen-bond acceptors (Lipinski definition) is 2. The molecule has 1 rings (SSSR count). The minimum atomic E-state index is -1.00. The standard InChI is InChI=1S/C12H18Br2O2Si/c1-17(2,3)7-6-15-9-16-12-5-4-10(13)8-11(12)14/h4-5,8H,6-7,9H2,1-3H3. The van der Waals surface area contributed by atoms with Crippen molar-refractivity contribution in [2.24, 2.45) is 0 Å². The van der Waals surface area contributed by atoms with Crippen molar-refractivity contribution < 1.29 is 9.47 Å². The Balaban J connectivity index is 2.27. The maximum atomic E-state index is 5.53. The molecule has 0 aliphatic carbocycles. The lowest BCUT2D eigenvalue weighted by Crippen LogP contribution is -2.22. The van der Waals surface area contributed by atoms with Crippen molar-refractivity contribution in [2.75, 3.05) is 13.4 Å². The van der Waals surface area contributed by atoms with E-state index in [1.165, 1.54) is 0 Å². The quantitative estimate of drug-likeness (QED) is 0.396. The molecule has 17 heavy (non-hydrogen) atoms. The van der Waals surface area contributed by atoms with Crippen LogP contribution in [0.1, 0.15) is 0 Å². The second-order valence-electron chi connectivity index (χ2n) is 5.06. The molecule has 0 radical (unpaired) electrons. The molecule has 0 amide bonds. The summed E-state index contributed by atoms with van der Waals surface area (Å²) in [5.41, 5.74) is 0. The second-order valence-corrected chi connectivity index (χ2v) is 12.4. The summed E-state index contributed by atoms with van der Waals surface area (Å²) in [5, 5.41) is 0. The van der Waals surface area contributed by atoms with Crippen molar-refractivity contribution in [3.8, 4) is 5.75 Å². The zero-order chi connectivity index (χ0) is 12.9. The summed E-state index contributed by atoms with van der Waals surface area (Å²) in [4.78, 5) is 0. The Hall–Kier alpha value is 0.157. The maximum Gasteiger partial charge on any atom is 0.189 e. The Labute approximate surface area is 121 Å². The molecule has 0 aliphatic heterocycles. The molecular weight excluding hydrogens is 364 g/mol. The van der Waals surface area contributed by atoms with E-state index < -0.39 is 8.07 Å². The lowest BCUT2D eigenvalue weighted by molar-refractivity contribution is 0.0216. The van der Waals surface area contributed by atoms with Crippen LogP contribution < -0.4 is 4.74 Å². The van der Waals surface area contributed by atoms with Gasteiger partial charge in [0.2, 0.25) is 0 Å². The molecule has 0 unspecified atom stereocenters. The van der Waals surface area contributed by atoms with Gasteiger partial charge in [-0.3, -0.25) is 0 Å². The van der Waals surface area contributed by atoms with Crippen LogP contribution in [0.3, 0.4) is 0 Å². The van der Waals surface area contributed by atoms with Gasteiger partial charge >= 0.3 is 0 Å². The van der Waals surface area contributed by atoms with Crippen LogP contribution in [0.2, 0.25) is 25.7 Å². The monoisotopic (exact) mass is 380 g/mol. The molecule has 96 valence electrons. The summed E-state index contributed by atoms with van der Waals surface area (Å²) >= 11 is 6.84. The molecule has 0 aromatic heterocycles. The molecule has 2 nitrogen and oxygen atoms in total. The highest BCUT2D eigenvalue weighted by Crippen LogP contribution is 2.28. The Morgan fingerprint density at radius 1 is 1.18 bits per heavy atom. The van der Waals surface area contributed by atoms with Crippen molar-refractivity contribution in [3.63, 3.8) is 0 Å². The Morgan fingerprint density at radius 3 is 2.47 bits per heavy atom. The summed E-state index contributed by atoms with van der Waals surface area (Å²) in [6.45, 7) is 8.10. The van der Waals surface area contributed by atoms with E-state index in [1.807, 2.05) is 18.2 Å². The third kappa shape index (κ3) is 6.60. The van der Waals surface area contributed by atoms with Crippen LogP contribution >= 0.6 is 31.9 Å². The largest absolute Gasteiger partial charge is 0.466 e. The molecule has 0 bridgehead atoms. The lowest BCUT2D eigenvalue weighted by Gasteiger charge is -2.15. The average Bonchev–Trinajstić information content (AvgIpc) is 2.18. The van der Waals surface area contributed by atoms with Crippen molar-refractivity contribution in [3.05, 3.63) is 27.1 Å². The average molecular weight is 382 g/mol. The van der Waals surface area contributed by atoms with Crippen LogP contribution in [-0.4, -0.2) is 21.5 Å². The first kappa shape index (κ1) is 15.2. The molecular formula is C12H18Br2O2Si. The van der Waals surface area contributed by atoms with Crippen molar-refractivity contribution in [1.82, 2.24) is 0 Å². The van der Waals surface area contributed by atoms with Crippen molar-refractivity contribution in [2.45, 2.75) is 25.7 Å². The van der Waals surface area contributed by atoms with Gasteiger partial charge in [-0.15, -0.1) is 0 Å². The molecule has 1 aromatic carbocycles. The number of halogens is 2. The van der Waals surface area contributed by atoms with Crippen LogP contribution in [0.5, 0.6) is 5.75 Å². The van der Waals surface area contributed by atoms with Crippen LogP contribution in [0.25, 0.3) is 0 Å². The molecule has 0 aliphatic rings. The molecule has 0 spiro atoms. The molecule has 0 atom stereocenters. The van der Waals surface area contributed by atoms with Crippen LogP contribution in [0, 0.1) is 0 Å². The van der Waals surface area contributed by atoms with E-state index in [9.17, 15) is 0 Å². The summed E-state index contributed by atoms with van der Waals surface area (Å²) in [6, 6.07) is 6.98. The molecule has 0 N–H and O–H groups in total. The van der Waals surface area contributed by atoms with Crippen molar-refractivity contribution >= 4 is 39.9 Å². The summed E-state index contributed by atoms with van der Waals surface area (Å²) in [7, 11) is -1.00. The first-order valence-corrected chi connectivity index (χ1v) is 10.8. The zero-order valence-corrected chi connectivity index (χ0v) is 14.6. The van der Waals surface area contributed by atoms with E-state index in [0.717, 1.165) is 27.3 Å². The highest BCUT2D eigenvalue weighted by atomic mass is 79.9. The first-order chi connectivity index (χ1) is 7.88. The van der Waals surface area contributed by atoms with E-state index in [-0.39, 0.29) is 0 Å². The van der Waals surface area contributed by atoms with Crippen LogP contribution in [0.15, 0.2) is 27.1 Å². The summed E-state index contributed by atoms with van der Waals surface area (Å²) in [5.74, 6) is 0.807. The SMILES string of the molecule is C[Si](C)(C)CCOCOc1ccc(Br)cc1Br. The van der Waals surface area contributed by atoms with Gasteiger partial charge in [-0.25, -0.2) is 0 Å². The molecule has 0 saturated carbocycles. The molecule has 1 aromatic rings. The minimum absolute atomic E-state index is 0.310. The van der Waals surface area contributed by atoms with Gasteiger partial charge in [-0.1, -0.05) is 35.6 Å². The fourth-order valence-corrected chi connectivity index (χ4v) is 3.05. The number of rotatable bonds is 6. The highest BCUT2D eigenvalue weighted by Gasteiger charge is 2.12. The van der Waals surface area contributed by atoms with Gasteiger partial charge in [0.15, 0.2) is 6.79 Å². The summed E-state index contributed by atoms with van der Waals surface area (Å²) in [6.07, 6.45) is 0. The number of benzene rings is 1. The first-order valence-electron chi connectivity index (χ1n) is 5.54. The van der Waals surface area contributed by atoms with E-state index in [1.54, 1.807) is 0 Å². The van der Waals surface area contributed by atoms with Gasteiger partial charge in [-0.05, 0) is 40.2 Å². The predicted octanol–water partition coefficient (Wildman–Crippen LogP) is 4.90. The number of ether oxygens (including phenoxy) is 2. The Bertz CT molecular complexity index is 364. The van der Waals surface area contributed by atoms with Gasteiger partial charge in [0, 0.05) is 19.2 Å².